The number of nitrogens with zero attached hydrogens (tertiary/aromatic N) is 3. The van der Waals surface area contributed by atoms with Gasteiger partial charge >= 0.3 is 0 Å². The third-order valence-corrected chi connectivity index (χ3v) is 3.65. The predicted molar refractivity (Wildman–Crippen MR) is 72.3 cm³/mol. The van der Waals surface area contributed by atoms with Gasteiger partial charge in [-0.3, -0.25) is 9.80 Å². The average Bonchev–Trinajstić information content (AvgIpc) is 2.28. The summed E-state index contributed by atoms with van der Waals surface area (Å²) in [5.74, 6) is 0. The number of hydrogen-bond acceptors (Lipinski definition) is 4. The predicted octanol–water partition coefficient (Wildman–Crippen LogP) is 0.327. The van der Waals surface area contributed by atoms with Crippen molar-refractivity contribution in [2.24, 2.45) is 0 Å². The molecule has 0 saturated carbocycles. The van der Waals surface area contributed by atoms with E-state index in [1.54, 1.807) is 0 Å². The Morgan fingerprint density at radius 1 is 1.12 bits per heavy atom. The zero-order valence-electron chi connectivity index (χ0n) is 11.9. The topological polar surface area (TPSA) is 30.0 Å². The molecule has 1 unspecified atom stereocenters. The lowest BCUT2D eigenvalue weighted by molar-refractivity contribution is 0.00104. The number of likely N-dealkylation sites (N-methyl/N-ethyl adjacent to an activating group) is 1. The largest absolute Gasteiger partial charge is 0.389 e. The molecule has 4 heteroatoms. The maximum Gasteiger partial charge on any atom is 0.0743 e. The maximum absolute atomic E-state index is 10.1. The molecule has 1 heterocycles. The molecule has 0 aromatic rings. The molecular weight excluding hydrogens is 214 g/mol. The molecule has 1 aliphatic rings. The van der Waals surface area contributed by atoms with Crippen LogP contribution in [-0.2, 0) is 0 Å². The normalized spacial score (nSPS) is 22.9. The Kier molecular flexibility index (Phi) is 5.86. The summed E-state index contributed by atoms with van der Waals surface area (Å²) in [7, 11) is 4.24. The summed E-state index contributed by atoms with van der Waals surface area (Å²) < 4.78 is 0. The van der Waals surface area contributed by atoms with Crippen molar-refractivity contribution >= 4 is 0 Å². The summed E-state index contributed by atoms with van der Waals surface area (Å²) in [4.78, 5) is 7.13. The second kappa shape index (κ2) is 6.69. The minimum absolute atomic E-state index is 0.522. The molecule has 1 atom stereocenters. The molecule has 0 aliphatic carbocycles. The van der Waals surface area contributed by atoms with Crippen molar-refractivity contribution < 1.29 is 5.11 Å². The van der Waals surface area contributed by atoms with Crippen molar-refractivity contribution in [1.82, 2.24) is 14.7 Å². The smallest absolute Gasteiger partial charge is 0.0743 e. The van der Waals surface area contributed by atoms with Crippen molar-refractivity contribution in [3.8, 4) is 0 Å². The molecule has 0 bridgehead atoms. The quantitative estimate of drug-likeness (QED) is 0.728. The van der Waals surface area contributed by atoms with E-state index in [9.17, 15) is 5.11 Å². The Balaban J connectivity index is 2.21. The van der Waals surface area contributed by atoms with Gasteiger partial charge in [0, 0.05) is 45.8 Å². The minimum atomic E-state index is -0.522. The van der Waals surface area contributed by atoms with Crippen molar-refractivity contribution in [1.29, 1.82) is 0 Å². The Morgan fingerprint density at radius 3 is 2.12 bits per heavy atom. The number of aliphatic hydroxyl groups is 1. The summed E-state index contributed by atoms with van der Waals surface area (Å²) in [5.41, 5.74) is -0.522. The molecule has 0 spiro atoms. The van der Waals surface area contributed by atoms with Crippen LogP contribution in [0.25, 0.3) is 0 Å². The van der Waals surface area contributed by atoms with E-state index in [-0.39, 0.29) is 0 Å². The number of hydrogen-bond donors (Lipinski definition) is 1. The third kappa shape index (κ3) is 5.82. The molecule has 1 fully saturated rings. The van der Waals surface area contributed by atoms with Crippen LogP contribution in [0.15, 0.2) is 0 Å². The zero-order valence-corrected chi connectivity index (χ0v) is 11.9. The van der Waals surface area contributed by atoms with Crippen LogP contribution in [0.2, 0.25) is 0 Å². The van der Waals surface area contributed by atoms with Crippen molar-refractivity contribution in [3.63, 3.8) is 0 Å². The Morgan fingerprint density at radius 2 is 1.65 bits per heavy atom. The SMILES string of the molecule is CCC(C)(O)CN1CCN(CCN(C)C)CC1. The molecule has 4 nitrogen and oxygen atoms in total. The Hall–Kier alpha value is -0.160. The van der Waals surface area contributed by atoms with Gasteiger partial charge in [-0.25, -0.2) is 0 Å². The van der Waals surface area contributed by atoms with Gasteiger partial charge in [0.15, 0.2) is 0 Å². The van der Waals surface area contributed by atoms with Crippen LogP contribution in [-0.4, -0.2) is 85.3 Å². The second-order valence-corrected chi connectivity index (χ2v) is 5.77. The van der Waals surface area contributed by atoms with Crippen LogP contribution in [0.3, 0.4) is 0 Å². The lowest BCUT2D eigenvalue weighted by atomic mass is 10.0. The first-order chi connectivity index (χ1) is 7.93. The minimum Gasteiger partial charge on any atom is -0.389 e. The summed E-state index contributed by atoms with van der Waals surface area (Å²) in [6.07, 6.45) is 0.827. The fourth-order valence-electron chi connectivity index (χ4n) is 2.11. The van der Waals surface area contributed by atoms with Gasteiger partial charge in [0.05, 0.1) is 5.60 Å². The van der Waals surface area contributed by atoms with Gasteiger partial charge < -0.3 is 10.0 Å². The third-order valence-electron chi connectivity index (χ3n) is 3.65. The fourth-order valence-corrected chi connectivity index (χ4v) is 2.11. The fraction of sp³-hybridized carbons (Fsp3) is 1.00. The van der Waals surface area contributed by atoms with Gasteiger partial charge in [-0.2, -0.15) is 0 Å². The maximum atomic E-state index is 10.1. The molecular formula is C13H29N3O. The monoisotopic (exact) mass is 243 g/mol. The van der Waals surface area contributed by atoms with Gasteiger partial charge in [-0.15, -0.1) is 0 Å². The highest BCUT2D eigenvalue weighted by Gasteiger charge is 2.24. The van der Waals surface area contributed by atoms with E-state index in [1.807, 2.05) is 13.8 Å². The van der Waals surface area contributed by atoms with Crippen molar-refractivity contribution in [2.45, 2.75) is 25.9 Å². The van der Waals surface area contributed by atoms with Crippen LogP contribution >= 0.6 is 0 Å². The van der Waals surface area contributed by atoms with Gasteiger partial charge in [0.25, 0.3) is 0 Å². The molecule has 1 rings (SSSR count). The first-order valence-electron chi connectivity index (χ1n) is 6.75. The highest BCUT2D eigenvalue weighted by atomic mass is 16.3. The van der Waals surface area contributed by atoms with Crippen LogP contribution in [0.5, 0.6) is 0 Å². The van der Waals surface area contributed by atoms with Crippen LogP contribution in [0, 0.1) is 0 Å². The molecule has 102 valence electrons. The van der Waals surface area contributed by atoms with E-state index in [4.69, 9.17) is 0 Å². The van der Waals surface area contributed by atoms with E-state index in [2.05, 4.69) is 28.8 Å². The average molecular weight is 243 g/mol. The number of piperazine rings is 1. The first-order valence-corrected chi connectivity index (χ1v) is 6.75. The van der Waals surface area contributed by atoms with Crippen LogP contribution < -0.4 is 0 Å². The van der Waals surface area contributed by atoms with Gasteiger partial charge in [0.1, 0.15) is 0 Å². The highest BCUT2D eigenvalue weighted by molar-refractivity contribution is 4.80. The second-order valence-electron chi connectivity index (χ2n) is 5.77. The Bertz CT molecular complexity index is 211. The van der Waals surface area contributed by atoms with E-state index in [1.165, 1.54) is 0 Å². The molecule has 0 radical (unpaired) electrons. The lowest BCUT2D eigenvalue weighted by Gasteiger charge is -2.38. The van der Waals surface area contributed by atoms with Crippen LogP contribution in [0.1, 0.15) is 20.3 Å². The number of β-amino-alcohol motifs (C(OH)–C–C–N with tert-alkyl or cyclic N) is 1. The standard InChI is InChI=1S/C13H29N3O/c1-5-13(2,17)12-16-10-8-15(9-11-16)7-6-14(3)4/h17H,5-12H2,1-4H3. The zero-order chi connectivity index (χ0) is 12.9. The summed E-state index contributed by atoms with van der Waals surface area (Å²) in [6.45, 7) is 11.5. The molecule has 0 amide bonds. The molecule has 0 aromatic heterocycles. The van der Waals surface area contributed by atoms with Crippen molar-refractivity contribution in [3.05, 3.63) is 0 Å². The van der Waals surface area contributed by atoms with E-state index >= 15 is 0 Å². The van der Waals surface area contributed by atoms with E-state index in [0.29, 0.717) is 0 Å². The number of rotatable bonds is 6. The Labute approximate surface area is 106 Å². The van der Waals surface area contributed by atoms with Crippen molar-refractivity contribution in [2.75, 3.05) is 59.9 Å². The molecule has 0 aromatic carbocycles. The van der Waals surface area contributed by atoms with E-state index in [0.717, 1.165) is 52.2 Å². The lowest BCUT2D eigenvalue weighted by Crippen LogP contribution is -2.51. The summed E-state index contributed by atoms with van der Waals surface area (Å²) >= 11 is 0. The highest BCUT2D eigenvalue weighted by Crippen LogP contribution is 2.12. The first kappa shape index (κ1) is 14.9. The molecule has 1 N–H and O–H groups in total. The molecule has 1 saturated heterocycles. The van der Waals surface area contributed by atoms with E-state index < -0.39 is 5.60 Å². The molecule has 1 aliphatic heterocycles. The van der Waals surface area contributed by atoms with Crippen LogP contribution in [0.4, 0.5) is 0 Å². The van der Waals surface area contributed by atoms with Gasteiger partial charge in [-0.1, -0.05) is 6.92 Å². The van der Waals surface area contributed by atoms with Gasteiger partial charge in [-0.05, 0) is 27.4 Å². The summed E-state index contributed by atoms with van der Waals surface area (Å²) in [6, 6.07) is 0. The summed E-state index contributed by atoms with van der Waals surface area (Å²) in [5, 5.41) is 10.1. The molecule has 17 heavy (non-hydrogen) atoms. The van der Waals surface area contributed by atoms with Gasteiger partial charge in [0.2, 0.25) is 0 Å².